The first-order chi connectivity index (χ1) is 45.8. The zero-order valence-corrected chi connectivity index (χ0v) is 55.4. The zero-order valence-electron chi connectivity index (χ0n) is 53.0. The molecule has 0 aliphatic carbocycles. The highest BCUT2D eigenvalue weighted by Gasteiger charge is 2.30. The second kappa shape index (κ2) is 27.2. The van der Waals surface area contributed by atoms with E-state index in [2.05, 4.69) is 145 Å². The normalized spacial score (nSPS) is 11.5. The maximum Gasteiger partial charge on any atom is 0.119 e. The largest absolute Gasteiger partial charge is 0.497 e. The lowest BCUT2D eigenvalue weighted by Crippen LogP contribution is -2.09. The molecular weight excluding hydrogens is 1210 g/mol. The molecule has 0 unspecified atom stereocenters. The molecule has 0 aliphatic heterocycles. The van der Waals surface area contributed by atoms with Crippen LogP contribution in [0.4, 0.5) is 34.1 Å². The fourth-order valence-corrected chi connectivity index (χ4v) is 15.8. The van der Waals surface area contributed by atoms with Gasteiger partial charge in [0.05, 0.1) is 62.2 Å². The lowest BCUT2D eigenvalue weighted by molar-refractivity contribution is 0.414. The summed E-state index contributed by atoms with van der Waals surface area (Å²) in [6, 6.07) is 63.7. The van der Waals surface area contributed by atoms with Gasteiger partial charge in [-0.15, -0.1) is 22.7 Å². The molecule has 0 atom stereocenters. The van der Waals surface area contributed by atoms with Crippen molar-refractivity contribution in [1.82, 2.24) is 28.7 Å². The minimum absolute atomic E-state index is 0.779. The Morgan fingerprint density at radius 1 is 0.355 bits per heavy atom. The van der Waals surface area contributed by atoms with E-state index in [1.165, 1.54) is 35.7 Å². The number of fused-ring (bicyclic) bond motifs is 8. The molecule has 14 aromatic rings. The highest BCUT2D eigenvalue weighted by molar-refractivity contribution is 7.20. The smallest absolute Gasteiger partial charge is 0.119 e. The molecule has 15 heteroatoms. The molecule has 6 aromatic heterocycles. The molecule has 0 N–H and O–H groups in total. The van der Waals surface area contributed by atoms with Crippen LogP contribution in [0.2, 0.25) is 0 Å². The summed E-state index contributed by atoms with van der Waals surface area (Å²) >= 11 is 4.88. The Hall–Kier alpha value is -9.80. The number of nitrogens with zero attached hydrogens (tertiary/aromatic N) is 8. The van der Waals surface area contributed by atoms with Crippen molar-refractivity contribution in [2.45, 2.75) is 78.1 Å². The first-order valence-electron chi connectivity index (χ1n) is 31.9. The molecule has 0 spiro atoms. The van der Waals surface area contributed by atoms with Crippen molar-refractivity contribution in [2.75, 3.05) is 38.2 Å². The third-order valence-electron chi connectivity index (χ3n) is 17.5. The van der Waals surface area contributed by atoms with E-state index in [4.69, 9.17) is 47.6 Å². The second-order valence-electron chi connectivity index (χ2n) is 23.2. The number of pyridine rings is 2. The van der Waals surface area contributed by atoms with E-state index >= 15 is 0 Å². The minimum Gasteiger partial charge on any atom is -0.497 e. The highest BCUT2D eigenvalue weighted by atomic mass is 32.1. The molecule has 0 saturated heterocycles. The Balaban J connectivity index is 0.955. The van der Waals surface area contributed by atoms with E-state index in [9.17, 15) is 0 Å². The lowest BCUT2D eigenvalue weighted by atomic mass is 9.95. The van der Waals surface area contributed by atoms with E-state index in [-0.39, 0.29) is 0 Å². The Kier molecular flexibility index (Phi) is 17.8. The number of hydrogen-bond acceptors (Lipinski definition) is 15. The number of thiophene rings is 2. The standard InChI is InChI=1S/C78H70N8O4S3/c1-7-9-11-13-17-51-47-65(49-21-25-53(26-22-49)85(55-29-37-59(87-3)38-30-55)56-31-39-60(88-4)40-32-56)91-77(51)67-73-74(82-72-64-20-16-46-80-70(64)69-63(71(72)81-73)19-15-45-79-69)68(76-75(67)83-93-84-76)78-52(18-14-12-10-8-2)48-66(92-78)50-23-27-54(28-24-50)86(57-33-41-61(89-5)42-34-57)58-35-43-62(90-6)44-36-58/h15-16,19-48H,7-14,17-18H2,1-6H3. The highest BCUT2D eigenvalue weighted by Crippen LogP contribution is 2.52. The number of anilines is 6. The number of aromatic nitrogens is 6. The van der Waals surface area contributed by atoms with Gasteiger partial charge in [-0.2, -0.15) is 8.75 Å². The summed E-state index contributed by atoms with van der Waals surface area (Å²) in [4.78, 5) is 30.9. The van der Waals surface area contributed by atoms with Crippen molar-refractivity contribution in [3.8, 4) is 64.8 Å². The third-order valence-corrected chi connectivity index (χ3v) is 20.5. The van der Waals surface area contributed by atoms with Crippen LogP contribution in [0.1, 0.15) is 76.3 Å². The average molecular weight is 1280 g/mol. The van der Waals surface area contributed by atoms with Crippen molar-refractivity contribution >= 4 is 123 Å². The number of aryl methyl sites for hydroxylation is 2. The van der Waals surface area contributed by atoms with E-state index in [0.29, 0.717) is 0 Å². The Bertz CT molecular complexity index is 4530. The molecule has 0 amide bonds. The van der Waals surface area contributed by atoms with Crippen molar-refractivity contribution in [3.63, 3.8) is 0 Å². The average Bonchev–Trinajstić information content (AvgIpc) is 1.70. The Morgan fingerprint density at radius 2 is 0.688 bits per heavy atom. The molecule has 0 bridgehead atoms. The predicted octanol–water partition coefficient (Wildman–Crippen LogP) is 21.9. The van der Waals surface area contributed by atoms with E-state index in [1.807, 2.05) is 95.7 Å². The van der Waals surface area contributed by atoms with Gasteiger partial charge in [-0.25, -0.2) is 9.97 Å². The molecule has 93 heavy (non-hydrogen) atoms. The number of unbranched alkanes of at least 4 members (excludes halogenated alkanes) is 6. The maximum atomic E-state index is 5.95. The molecule has 8 aromatic carbocycles. The van der Waals surface area contributed by atoms with Gasteiger partial charge in [0, 0.05) is 87.9 Å². The Labute approximate surface area is 554 Å². The van der Waals surface area contributed by atoms with Gasteiger partial charge in [0.15, 0.2) is 0 Å². The predicted molar refractivity (Wildman–Crippen MR) is 387 cm³/mol. The SMILES string of the molecule is CCCCCCc1cc(-c2ccc(N(c3ccc(OC)cc3)c3ccc(OC)cc3)cc2)sc1-c1c2nsnc2c(-c2sc(-c3ccc(N(c4ccc(OC)cc4)c4ccc(OC)cc4)cc3)cc2CCCCCC)c2nc3c4cccnc4c4ncccc4c3nc12. The van der Waals surface area contributed by atoms with Crippen molar-refractivity contribution < 1.29 is 18.9 Å². The topological polar surface area (TPSA) is 121 Å². The van der Waals surface area contributed by atoms with Crippen LogP contribution >= 0.6 is 34.4 Å². The van der Waals surface area contributed by atoms with Crippen molar-refractivity contribution in [3.05, 3.63) is 206 Å². The van der Waals surface area contributed by atoms with Crippen LogP contribution in [0.5, 0.6) is 23.0 Å². The molecule has 0 fully saturated rings. The van der Waals surface area contributed by atoms with Crippen LogP contribution < -0.4 is 28.7 Å². The lowest BCUT2D eigenvalue weighted by Gasteiger charge is -2.26. The Morgan fingerprint density at radius 3 is 1.01 bits per heavy atom. The summed E-state index contributed by atoms with van der Waals surface area (Å²) in [5.74, 6) is 3.20. The first kappa shape index (κ1) is 60.7. The van der Waals surface area contributed by atoms with E-state index in [1.54, 1.807) is 28.4 Å². The van der Waals surface area contributed by atoms with Crippen LogP contribution in [0.25, 0.3) is 96.7 Å². The van der Waals surface area contributed by atoms with Gasteiger partial charge in [0.25, 0.3) is 0 Å². The molecule has 0 radical (unpaired) electrons. The molecule has 0 saturated carbocycles. The van der Waals surface area contributed by atoms with Gasteiger partial charge >= 0.3 is 0 Å². The van der Waals surface area contributed by atoms with Crippen LogP contribution in [0.15, 0.2) is 194 Å². The summed E-state index contributed by atoms with van der Waals surface area (Å²) in [5.41, 5.74) is 19.2. The molecule has 0 aliphatic rings. The van der Waals surface area contributed by atoms with E-state index in [0.717, 1.165) is 205 Å². The van der Waals surface area contributed by atoms with Crippen molar-refractivity contribution in [1.29, 1.82) is 0 Å². The maximum absolute atomic E-state index is 5.95. The number of benzene rings is 8. The quantitative estimate of drug-likeness (QED) is 0.0325. The van der Waals surface area contributed by atoms with Gasteiger partial charge in [-0.1, -0.05) is 76.6 Å². The fourth-order valence-electron chi connectivity index (χ4n) is 12.7. The summed E-state index contributed by atoms with van der Waals surface area (Å²) in [7, 11) is 6.78. The number of hydrogen-bond donors (Lipinski definition) is 0. The number of methoxy groups -OCH3 is 4. The zero-order chi connectivity index (χ0) is 63.4. The van der Waals surface area contributed by atoms with Gasteiger partial charge < -0.3 is 28.7 Å². The summed E-state index contributed by atoms with van der Waals surface area (Å²) in [5, 5.41) is 1.80. The number of rotatable bonds is 24. The monoisotopic (exact) mass is 1280 g/mol. The van der Waals surface area contributed by atoms with Crippen LogP contribution in [-0.2, 0) is 12.8 Å². The van der Waals surface area contributed by atoms with E-state index < -0.39 is 0 Å². The summed E-state index contributed by atoms with van der Waals surface area (Å²) in [6.07, 6.45) is 14.5. The fraction of sp³-hybridized carbons (Fsp3) is 0.205. The van der Waals surface area contributed by atoms with Crippen LogP contribution in [0, 0.1) is 0 Å². The molecular formula is C78H70N8O4S3. The van der Waals surface area contributed by atoms with Gasteiger partial charge in [0.1, 0.15) is 45.1 Å². The van der Waals surface area contributed by atoms with Gasteiger partial charge in [-0.05, 0) is 206 Å². The second-order valence-corrected chi connectivity index (χ2v) is 25.9. The van der Waals surface area contributed by atoms with Gasteiger partial charge in [0.2, 0.25) is 0 Å². The molecule has 14 rings (SSSR count). The minimum atomic E-state index is 0.779. The summed E-state index contributed by atoms with van der Waals surface area (Å²) in [6.45, 7) is 4.55. The van der Waals surface area contributed by atoms with Crippen LogP contribution in [0.3, 0.4) is 0 Å². The van der Waals surface area contributed by atoms with Crippen LogP contribution in [-0.4, -0.2) is 57.1 Å². The van der Waals surface area contributed by atoms with Gasteiger partial charge in [-0.3, -0.25) is 9.97 Å². The number of ether oxygens (including phenoxy) is 4. The molecule has 6 heterocycles. The van der Waals surface area contributed by atoms with Crippen molar-refractivity contribution in [2.24, 2.45) is 0 Å². The molecule has 464 valence electrons. The first-order valence-corrected chi connectivity index (χ1v) is 34.3. The molecule has 12 nitrogen and oxygen atoms in total. The summed E-state index contributed by atoms with van der Waals surface area (Å²) < 4.78 is 33.0. The third kappa shape index (κ3) is 12.0.